The summed E-state index contributed by atoms with van der Waals surface area (Å²) < 4.78 is 8.80. The summed E-state index contributed by atoms with van der Waals surface area (Å²) in [6.45, 7) is 5.05. The second-order valence-electron chi connectivity index (χ2n) is 5.08. The molecule has 2 aromatic heterocycles. The number of ether oxygens (including phenoxy) is 1. The van der Waals surface area contributed by atoms with Crippen LogP contribution < -0.4 is 10.5 Å². The van der Waals surface area contributed by atoms with E-state index < -0.39 is 0 Å². The zero-order valence-corrected chi connectivity index (χ0v) is 14.2. The van der Waals surface area contributed by atoms with Gasteiger partial charge in [-0.2, -0.15) is 0 Å². The summed E-state index contributed by atoms with van der Waals surface area (Å²) in [7, 11) is 0. The van der Waals surface area contributed by atoms with Gasteiger partial charge < -0.3 is 14.9 Å². The van der Waals surface area contributed by atoms with Crippen molar-refractivity contribution in [3.8, 4) is 17.0 Å². The molecule has 0 atom stereocenters. The van der Waals surface area contributed by atoms with Gasteiger partial charge in [0.2, 0.25) is 0 Å². The Morgan fingerprint density at radius 2 is 2.09 bits per heavy atom. The quantitative estimate of drug-likeness (QED) is 0.767. The number of fused-ring (bicyclic) bond motifs is 1. The zero-order chi connectivity index (χ0) is 15.7. The molecule has 0 radical (unpaired) electrons. The van der Waals surface area contributed by atoms with Crippen molar-refractivity contribution in [2.45, 2.75) is 20.4 Å². The molecular weight excluding hydrogens is 342 g/mol. The standard InChI is InChI=1S/C17H18BrN3O/c1-3-22-15-7-5-4-6-13(15)16-14(9-19)21-10-12(18)8-11(2)17(21)20-16/h4-8,10H,3,9,19H2,1-2H3. The lowest BCUT2D eigenvalue weighted by Gasteiger charge is -2.09. The highest BCUT2D eigenvalue weighted by atomic mass is 79.9. The van der Waals surface area contributed by atoms with Crippen LogP contribution in [-0.4, -0.2) is 16.0 Å². The van der Waals surface area contributed by atoms with Crippen molar-refractivity contribution in [1.29, 1.82) is 0 Å². The van der Waals surface area contributed by atoms with E-state index in [9.17, 15) is 0 Å². The smallest absolute Gasteiger partial charge is 0.140 e. The van der Waals surface area contributed by atoms with E-state index in [-0.39, 0.29) is 0 Å². The van der Waals surface area contributed by atoms with Crippen LogP contribution in [0.15, 0.2) is 41.0 Å². The molecule has 0 amide bonds. The average Bonchev–Trinajstić information content (AvgIpc) is 2.86. The molecule has 0 fully saturated rings. The van der Waals surface area contributed by atoms with E-state index in [1.165, 1.54) is 0 Å². The van der Waals surface area contributed by atoms with Crippen LogP contribution in [0.25, 0.3) is 16.9 Å². The molecule has 0 saturated carbocycles. The Kier molecular flexibility index (Phi) is 4.18. The van der Waals surface area contributed by atoms with Crippen LogP contribution in [0.1, 0.15) is 18.2 Å². The summed E-state index contributed by atoms with van der Waals surface area (Å²) in [6, 6.07) is 10.0. The van der Waals surface area contributed by atoms with E-state index >= 15 is 0 Å². The molecule has 0 aliphatic heterocycles. The number of hydrogen-bond acceptors (Lipinski definition) is 3. The van der Waals surface area contributed by atoms with Gasteiger partial charge in [-0.25, -0.2) is 4.98 Å². The third kappa shape index (κ3) is 2.51. The van der Waals surface area contributed by atoms with E-state index in [4.69, 9.17) is 15.5 Å². The molecule has 2 heterocycles. The number of benzene rings is 1. The van der Waals surface area contributed by atoms with Crippen LogP contribution in [0.3, 0.4) is 0 Å². The Hall–Kier alpha value is -1.85. The first-order valence-corrected chi connectivity index (χ1v) is 8.04. The molecule has 114 valence electrons. The van der Waals surface area contributed by atoms with Gasteiger partial charge in [0.05, 0.1) is 18.0 Å². The van der Waals surface area contributed by atoms with Crippen molar-refractivity contribution in [2.24, 2.45) is 5.73 Å². The number of nitrogens with two attached hydrogens (primary N) is 1. The van der Waals surface area contributed by atoms with Crippen LogP contribution in [0.5, 0.6) is 5.75 Å². The van der Waals surface area contributed by atoms with Crippen LogP contribution in [0.4, 0.5) is 0 Å². The van der Waals surface area contributed by atoms with E-state index in [1.807, 2.05) is 44.3 Å². The third-order valence-electron chi connectivity index (χ3n) is 3.60. The fourth-order valence-electron chi connectivity index (χ4n) is 2.67. The van der Waals surface area contributed by atoms with Crippen molar-refractivity contribution >= 4 is 21.6 Å². The van der Waals surface area contributed by atoms with Crippen molar-refractivity contribution in [1.82, 2.24) is 9.38 Å². The maximum Gasteiger partial charge on any atom is 0.140 e. The van der Waals surface area contributed by atoms with Gasteiger partial charge >= 0.3 is 0 Å². The molecule has 0 bridgehead atoms. The van der Waals surface area contributed by atoms with E-state index in [0.717, 1.165) is 38.4 Å². The normalized spacial score (nSPS) is 11.1. The number of aromatic nitrogens is 2. The number of aryl methyl sites for hydroxylation is 1. The summed E-state index contributed by atoms with van der Waals surface area (Å²) in [5.41, 5.74) is 10.9. The Labute approximate surface area is 138 Å². The molecule has 1 aromatic carbocycles. The predicted octanol–water partition coefficient (Wildman–Crippen LogP) is 3.93. The Bertz CT molecular complexity index is 826. The Balaban J connectivity index is 2.30. The zero-order valence-electron chi connectivity index (χ0n) is 12.6. The van der Waals surface area contributed by atoms with Crippen LogP contribution in [0, 0.1) is 6.92 Å². The molecule has 5 heteroatoms. The van der Waals surface area contributed by atoms with E-state index in [0.29, 0.717) is 13.2 Å². The van der Waals surface area contributed by atoms with Crippen molar-refractivity contribution < 1.29 is 4.74 Å². The second-order valence-corrected chi connectivity index (χ2v) is 5.99. The lowest BCUT2D eigenvalue weighted by atomic mass is 10.1. The largest absolute Gasteiger partial charge is 0.493 e. The molecule has 0 spiro atoms. The number of imidazole rings is 1. The third-order valence-corrected chi connectivity index (χ3v) is 4.04. The molecule has 0 saturated heterocycles. The minimum Gasteiger partial charge on any atom is -0.493 e. The van der Waals surface area contributed by atoms with Gasteiger partial charge in [-0.15, -0.1) is 0 Å². The predicted molar refractivity (Wildman–Crippen MR) is 92.1 cm³/mol. The highest BCUT2D eigenvalue weighted by Gasteiger charge is 2.17. The molecular formula is C17H18BrN3O. The van der Waals surface area contributed by atoms with Gasteiger partial charge in [0.15, 0.2) is 0 Å². The first kappa shape index (κ1) is 15.1. The summed E-state index contributed by atoms with van der Waals surface area (Å²) >= 11 is 3.54. The molecule has 0 aliphatic rings. The SMILES string of the molecule is CCOc1ccccc1-c1nc2c(C)cc(Br)cn2c1CN. The Morgan fingerprint density at radius 3 is 2.82 bits per heavy atom. The fourth-order valence-corrected chi connectivity index (χ4v) is 3.22. The first-order valence-electron chi connectivity index (χ1n) is 7.25. The average molecular weight is 360 g/mol. The number of halogens is 1. The maximum atomic E-state index is 6.01. The highest BCUT2D eigenvalue weighted by Crippen LogP contribution is 2.33. The molecule has 22 heavy (non-hydrogen) atoms. The highest BCUT2D eigenvalue weighted by molar-refractivity contribution is 9.10. The molecule has 3 aromatic rings. The number of hydrogen-bond donors (Lipinski definition) is 1. The monoisotopic (exact) mass is 359 g/mol. The second kappa shape index (κ2) is 6.10. The van der Waals surface area contributed by atoms with E-state index in [2.05, 4.69) is 26.4 Å². The molecule has 0 unspecified atom stereocenters. The maximum absolute atomic E-state index is 6.01. The lowest BCUT2D eigenvalue weighted by molar-refractivity contribution is 0.341. The number of rotatable bonds is 4. The van der Waals surface area contributed by atoms with Crippen LogP contribution in [0.2, 0.25) is 0 Å². The van der Waals surface area contributed by atoms with Gasteiger partial charge in [0.25, 0.3) is 0 Å². The first-order chi connectivity index (χ1) is 10.7. The van der Waals surface area contributed by atoms with Gasteiger partial charge in [0.1, 0.15) is 11.4 Å². The molecule has 4 nitrogen and oxygen atoms in total. The van der Waals surface area contributed by atoms with Crippen molar-refractivity contribution in [2.75, 3.05) is 6.61 Å². The molecule has 3 rings (SSSR count). The summed E-state index contributed by atoms with van der Waals surface area (Å²) in [5, 5.41) is 0. The van der Waals surface area contributed by atoms with E-state index in [1.54, 1.807) is 0 Å². The fraction of sp³-hybridized carbons (Fsp3) is 0.235. The molecule has 2 N–H and O–H groups in total. The number of nitrogens with zero attached hydrogens (tertiary/aromatic N) is 2. The lowest BCUT2D eigenvalue weighted by Crippen LogP contribution is -2.03. The number of pyridine rings is 1. The van der Waals surface area contributed by atoms with Gasteiger partial charge in [-0.3, -0.25) is 0 Å². The number of para-hydroxylation sites is 1. The minimum atomic E-state index is 0.410. The summed E-state index contributed by atoms with van der Waals surface area (Å²) in [5.74, 6) is 0.833. The van der Waals surface area contributed by atoms with Gasteiger partial charge in [-0.1, -0.05) is 12.1 Å². The van der Waals surface area contributed by atoms with Crippen molar-refractivity contribution in [3.63, 3.8) is 0 Å². The van der Waals surface area contributed by atoms with Crippen LogP contribution in [-0.2, 0) is 6.54 Å². The topological polar surface area (TPSA) is 52.5 Å². The van der Waals surface area contributed by atoms with Crippen LogP contribution >= 0.6 is 15.9 Å². The summed E-state index contributed by atoms with van der Waals surface area (Å²) in [6.07, 6.45) is 2.00. The van der Waals surface area contributed by atoms with Gasteiger partial charge in [0, 0.05) is 22.8 Å². The summed E-state index contributed by atoms with van der Waals surface area (Å²) in [4.78, 5) is 4.82. The molecule has 0 aliphatic carbocycles. The Morgan fingerprint density at radius 1 is 1.32 bits per heavy atom. The van der Waals surface area contributed by atoms with Crippen molar-refractivity contribution in [3.05, 3.63) is 52.3 Å². The van der Waals surface area contributed by atoms with Gasteiger partial charge in [-0.05, 0) is 53.5 Å². The minimum absolute atomic E-state index is 0.410.